The summed E-state index contributed by atoms with van der Waals surface area (Å²) < 4.78 is 1.96. The van der Waals surface area contributed by atoms with Crippen LogP contribution in [0.25, 0.3) is 0 Å². The Hall–Kier alpha value is -1.17. The van der Waals surface area contributed by atoms with Gasteiger partial charge in [-0.05, 0) is 56.2 Å². The minimum absolute atomic E-state index is 0.195. The Bertz CT molecular complexity index is 549. The third-order valence-electron chi connectivity index (χ3n) is 4.01. The summed E-state index contributed by atoms with van der Waals surface area (Å²) in [6.45, 7) is 3.01. The SMILES string of the molecule is CCn1cc(CC(NN)c2cc3c(s2)CCCC3)cn1. The summed E-state index contributed by atoms with van der Waals surface area (Å²) in [4.78, 5) is 2.93. The maximum atomic E-state index is 5.78. The summed E-state index contributed by atoms with van der Waals surface area (Å²) in [5.74, 6) is 5.78. The second kappa shape index (κ2) is 6.08. The number of thiophene rings is 1. The van der Waals surface area contributed by atoms with Gasteiger partial charge in [-0.3, -0.25) is 16.0 Å². The van der Waals surface area contributed by atoms with Gasteiger partial charge < -0.3 is 0 Å². The molecule has 0 fully saturated rings. The highest BCUT2D eigenvalue weighted by Gasteiger charge is 2.19. The van der Waals surface area contributed by atoms with E-state index < -0.39 is 0 Å². The first-order valence-electron chi connectivity index (χ1n) is 7.39. The number of fused-ring (bicyclic) bond motifs is 1. The Morgan fingerprint density at radius 3 is 3.00 bits per heavy atom. The van der Waals surface area contributed by atoms with Gasteiger partial charge in [0.25, 0.3) is 0 Å². The van der Waals surface area contributed by atoms with Crippen molar-refractivity contribution in [1.29, 1.82) is 0 Å². The van der Waals surface area contributed by atoms with Gasteiger partial charge in [0.1, 0.15) is 0 Å². The van der Waals surface area contributed by atoms with Crippen molar-refractivity contribution in [2.75, 3.05) is 0 Å². The van der Waals surface area contributed by atoms with E-state index >= 15 is 0 Å². The van der Waals surface area contributed by atoms with Crippen molar-refractivity contribution in [1.82, 2.24) is 15.2 Å². The molecule has 5 heteroatoms. The topological polar surface area (TPSA) is 55.9 Å². The first-order valence-corrected chi connectivity index (χ1v) is 8.20. The number of rotatable bonds is 5. The lowest BCUT2D eigenvalue weighted by Crippen LogP contribution is -2.28. The molecule has 1 unspecified atom stereocenters. The van der Waals surface area contributed by atoms with Crippen LogP contribution in [0.5, 0.6) is 0 Å². The van der Waals surface area contributed by atoms with Crippen molar-refractivity contribution in [3.05, 3.63) is 39.3 Å². The molecule has 2 aromatic heterocycles. The standard InChI is InChI=1S/C15H22N4S/c1-2-19-10-11(9-17-19)7-13(18-16)15-8-12-5-3-4-6-14(12)20-15/h8-10,13,18H,2-7,16H2,1H3. The van der Waals surface area contributed by atoms with E-state index in [0.29, 0.717) is 0 Å². The molecule has 3 N–H and O–H groups in total. The molecule has 1 atom stereocenters. The van der Waals surface area contributed by atoms with Crippen LogP contribution in [0.15, 0.2) is 18.5 Å². The minimum atomic E-state index is 0.195. The number of aryl methyl sites for hydroxylation is 3. The quantitative estimate of drug-likeness (QED) is 0.657. The van der Waals surface area contributed by atoms with Gasteiger partial charge in [0, 0.05) is 22.5 Å². The first-order chi connectivity index (χ1) is 9.80. The van der Waals surface area contributed by atoms with Crippen LogP contribution in [0.1, 0.15) is 46.7 Å². The number of aromatic nitrogens is 2. The summed E-state index contributed by atoms with van der Waals surface area (Å²) in [6, 6.07) is 2.55. The van der Waals surface area contributed by atoms with Gasteiger partial charge in [-0.1, -0.05) is 0 Å². The van der Waals surface area contributed by atoms with Crippen LogP contribution in [0.2, 0.25) is 0 Å². The summed E-state index contributed by atoms with van der Waals surface area (Å²) in [7, 11) is 0. The maximum Gasteiger partial charge on any atom is 0.0594 e. The zero-order valence-corrected chi connectivity index (χ0v) is 12.7. The molecule has 0 saturated carbocycles. The molecule has 108 valence electrons. The van der Waals surface area contributed by atoms with Gasteiger partial charge in [-0.25, -0.2) is 0 Å². The van der Waals surface area contributed by atoms with Crippen molar-refractivity contribution >= 4 is 11.3 Å². The molecule has 0 saturated heterocycles. The van der Waals surface area contributed by atoms with Gasteiger partial charge in [0.2, 0.25) is 0 Å². The predicted octanol–water partition coefficient (Wildman–Crippen LogP) is 2.59. The van der Waals surface area contributed by atoms with Gasteiger partial charge in [0.05, 0.1) is 12.2 Å². The largest absolute Gasteiger partial charge is 0.273 e. The van der Waals surface area contributed by atoms with Crippen LogP contribution in [-0.4, -0.2) is 9.78 Å². The molecule has 1 aliphatic rings. The number of nitrogens with two attached hydrogens (primary N) is 1. The molecule has 4 nitrogen and oxygen atoms in total. The minimum Gasteiger partial charge on any atom is -0.273 e. The summed E-state index contributed by atoms with van der Waals surface area (Å²) in [5, 5.41) is 4.33. The van der Waals surface area contributed by atoms with Crippen molar-refractivity contribution < 1.29 is 0 Å². The fraction of sp³-hybridized carbons (Fsp3) is 0.533. The van der Waals surface area contributed by atoms with Crippen molar-refractivity contribution in [2.24, 2.45) is 5.84 Å². The fourth-order valence-corrected chi connectivity index (χ4v) is 4.17. The predicted molar refractivity (Wildman–Crippen MR) is 82.6 cm³/mol. The third-order valence-corrected chi connectivity index (χ3v) is 5.36. The normalized spacial score (nSPS) is 16.1. The van der Waals surface area contributed by atoms with Crippen LogP contribution in [0, 0.1) is 0 Å². The molecular formula is C15H22N4S. The smallest absolute Gasteiger partial charge is 0.0594 e. The second-order valence-electron chi connectivity index (χ2n) is 5.43. The number of hydrazine groups is 1. The van der Waals surface area contributed by atoms with Gasteiger partial charge in [-0.15, -0.1) is 11.3 Å². The first kappa shape index (κ1) is 13.8. The molecule has 2 aromatic rings. The van der Waals surface area contributed by atoms with E-state index in [4.69, 9.17) is 5.84 Å². The molecule has 0 aliphatic heterocycles. The van der Waals surface area contributed by atoms with Crippen LogP contribution in [-0.2, 0) is 25.8 Å². The van der Waals surface area contributed by atoms with Crippen LogP contribution >= 0.6 is 11.3 Å². The number of nitrogens with zero attached hydrogens (tertiary/aromatic N) is 2. The zero-order chi connectivity index (χ0) is 13.9. The van der Waals surface area contributed by atoms with Crippen LogP contribution in [0.3, 0.4) is 0 Å². The van der Waals surface area contributed by atoms with E-state index in [1.54, 1.807) is 10.4 Å². The average Bonchev–Trinajstić information content (AvgIpc) is 3.10. The third kappa shape index (κ3) is 2.80. The summed E-state index contributed by atoms with van der Waals surface area (Å²) >= 11 is 1.93. The molecule has 20 heavy (non-hydrogen) atoms. The fourth-order valence-electron chi connectivity index (χ4n) is 2.85. The highest BCUT2D eigenvalue weighted by Crippen LogP contribution is 2.33. The Labute approximate surface area is 124 Å². The lowest BCUT2D eigenvalue weighted by molar-refractivity contribution is 0.559. The number of nitrogens with one attached hydrogen (secondary N) is 1. The monoisotopic (exact) mass is 290 g/mol. The van der Waals surface area contributed by atoms with Gasteiger partial charge in [-0.2, -0.15) is 5.10 Å². The lowest BCUT2D eigenvalue weighted by atomic mass is 9.98. The molecular weight excluding hydrogens is 268 g/mol. The van der Waals surface area contributed by atoms with Crippen molar-refractivity contribution in [3.63, 3.8) is 0 Å². The molecule has 0 aromatic carbocycles. The molecule has 0 bridgehead atoms. The Morgan fingerprint density at radius 2 is 2.30 bits per heavy atom. The van der Waals surface area contributed by atoms with E-state index in [1.165, 1.54) is 36.1 Å². The van der Waals surface area contributed by atoms with E-state index in [9.17, 15) is 0 Å². The zero-order valence-electron chi connectivity index (χ0n) is 11.9. The average molecular weight is 290 g/mol. The van der Waals surface area contributed by atoms with E-state index in [1.807, 2.05) is 22.2 Å². The van der Waals surface area contributed by atoms with Crippen LogP contribution < -0.4 is 11.3 Å². The van der Waals surface area contributed by atoms with Crippen molar-refractivity contribution in [3.8, 4) is 0 Å². The van der Waals surface area contributed by atoms with E-state index in [0.717, 1.165) is 13.0 Å². The molecule has 1 aliphatic carbocycles. The summed E-state index contributed by atoms with van der Waals surface area (Å²) in [6.07, 6.45) is 10.1. The van der Waals surface area contributed by atoms with Crippen molar-refractivity contribution in [2.45, 2.75) is 51.6 Å². The molecule has 2 heterocycles. The Kier molecular flexibility index (Phi) is 4.19. The molecule has 0 radical (unpaired) electrons. The van der Waals surface area contributed by atoms with Gasteiger partial charge >= 0.3 is 0 Å². The second-order valence-corrected chi connectivity index (χ2v) is 6.60. The molecule has 0 spiro atoms. The summed E-state index contributed by atoms with van der Waals surface area (Å²) in [5.41, 5.74) is 5.76. The number of hydrogen-bond acceptors (Lipinski definition) is 4. The molecule has 3 rings (SSSR count). The highest BCUT2D eigenvalue weighted by molar-refractivity contribution is 7.12. The van der Waals surface area contributed by atoms with E-state index in [2.05, 4.69) is 29.7 Å². The van der Waals surface area contributed by atoms with E-state index in [-0.39, 0.29) is 6.04 Å². The van der Waals surface area contributed by atoms with Crippen LogP contribution in [0.4, 0.5) is 0 Å². The maximum absolute atomic E-state index is 5.78. The number of hydrogen-bond donors (Lipinski definition) is 2. The Morgan fingerprint density at radius 1 is 1.45 bits per heavy atom. The Balaban J connectivity index is 1.77. The molecule has 0 amide bonds. The lowest BCUT2D eigenvalue weighted by Gasteiger charge is -2.12. The van der Waals surface area contributed by atoms with Gasteiger partial charge in [0.15, 0.2) is 0 Å². The highest BCUT2D eigenvalue weighted by atomic mass is 32.1.